The Labute approximate surface area is 215 Å². The topological polar surface area (TPSA) is 101 Å². The van der Waals surface area contributed by atoms with Crippen molar-refractivity contribution >= 4 is 17.0 Å². The third kappa shape index (κ3) is 5.96. The lowest BCUT2D eigenvalue weighted by Crippen LogP contribution is -2.25. The van der Waals surface area contributed by atoms with Crippen molar-refractivity contribution in [1.82, 2.24) is 19.9 Å². The van der Waals surface area contributed by atoms with Crippen molar-refractivity contribution in [1.29, 1.82) is 0 Å². The molecule has 0 saturated heterocycles. The zero-order chi connectivity index (χ0) is 25.8. The van der Waals surface area contributed by atoms with E-state index >= 15 is 4.39 Å². The number of benzene rings is 2. The number of fused-ring (bicyclic) bond motifs is 1. The van der Waals surface area contributed by atoms with Crippen LogP contribution in [-0.2, 0) is 11.2 Å². The summed E-state index contributed by atoms with van der Waals surface area (Å²) in [4.78, 5) is 27.4. The van der Waals surface area contributed by atoms with E-state index in [0.29, 0.717) is 22.5 Å². The van der Waals surface area contributed by atoms with Gasteiger partial charge in [0.25, 0.3) is 0 Å². The van der Waals surface area contributed by atoms with Crippen molar-refractivity contribution in [3.05, 3.63) is 60.2 Å². The number of H-pyrrole nitrogens is 1. The second-order valence-corrected chi connectivity index (χ2v) is 9.85. The number of carboxylic acid groups (broad SMARTS) is 1. The first kappa shape index (κ1) is 24.9. The van der Waals surface area contributed by atoms with E-state index in [9.17, 15) is 4.79 Å². The largest absolute Gasteiger partial charge is 0.481 e. The molecule has 0 radical (unpaired) electrons. The molecule has 4 aromatic rings. The molecule has 1 aliphatic carbocycles. The lowest BCUT2D eigenvalue weighted by atomic mass is 9.85. The Morgan fingerprint density at radius 2 is 1.86 bits per heavy atom. The number of nitrogens with one attached hydrogen (secondary N) is 1. The zero-order valence-electron chi connectivity index (χ0n) is 20.9. The molecule has 37 heavy (non-hydrogen) atoms. The molecular formula is C29H31FN4O3. The predicted molar refractivity (Wildman–Crippen MR) is 140 cm³/mol. The highest BCUT2D eigenvalue weighted by Gasteiger charge is 2.24. The first-order valence-corrected chi connectivity index (χ1v) is 13.0. The molecule has 5 rings (SSSR count). The molecule has 0 spiro atoms. The minimum atomic E-state index is -0.748. The molecular weight excluding hydrogens is 471 g/mol. The molecule has 192 valence electrons. The van der Waals surface area contributed by atoms with Crippen LogP contribution in [0.2, 0.25) is 0 Å². The zero-order valence-corrected chi connectivity index (χ0v) is 20.9. The van der Waals surface area contributed by atoms with Gasteiger partial charge in [0.1, 0.15) is 17.7 Å². The van der Waals surface area contributed by atoms with E-state index in [2.05, 4.69) is 39.0 Å². The van der Waals surface area contributed by atoms with Crippen LogP contribution in [0.3, 0.4) is 0 Å². The fraction of sp³-hybridized carbons (Fsp3) is 0.379. The van der Waals surface area contributed by atoms with Gasteiger partial charge in [-0.25, -0.2) is 19.3 Å². The van der Waals surface area contributed by atoms with Gasteiger partial charge in [0, 0.05) is 24.4 Å². The number of aryl methyl sites for hydroxylation is 1. The minimum absolute atomic E-state index is 0.0147. The first-order chi connectivity index (χ1) is 18.0. The van der Waals surface area contributed by atoms with E-state index in [4.69, 9.17) is 9.84 Å². The van der Waals surface area contributed by atoms with Gasteiger partial charge in [-0.2, -0.15) is 0 Å². The predicted octanol–water partition coefficient (Wildman–Crippen LogP) is 6.58. The van der Waals surface area contributed by atoms with Crippen molar-refractivity contribution in [3.8, 4) is 28.5 Å². The van der Waals surface area contributed by atoms with E-state index in [0.717, 1.165) is 56.0 Å². The van der Waals surface area contributed by atoms with E-state index in [1.165, 1.54) is 11.6 Å². The van der Waals surface area contributed by atoms with Gasteiger partial charge in [-0.15, -0.1) is 0 Å². The Bertz CT molecular complexity index is 1380. The van der Waals surface area contributed by atoms with Gasteiger partial charge in [-0.1, -0.05) is 25.5 Å². The summed E-state index contributed by atoms with van der Waals surface area (Å²) in [6, 6.07) is 11.5. The van der Waals surface area contributed by atoms with Crippen LogP contribution >= 0.6 is 0 Å². The van der Waals surface area contributed by atoms with Crippen molar-refractivity contribution in [3.63, 3.8) is 0 Å². The van der Waals surface area contributed by atoms with Crippen LogP contribution in [0, 0.1) is 11.7 Å². The van der Waals surface area contributed by atoms with Crippen LogP contribution in [0.5, 0.6) is 6.01 Å². The molecule has 0 atom stereocenters. The molecule has 0 unspecified atom stereocenters. The summed E-state index contributed by atoms with van der Waals surface area (Å²) >= 11 is 0. The van der Waals surface area contributed by atoms with E-state index in [-0.39, 0.29) is 30.3 Å². The van der Waals surface area contributed by atoms with Crippen molar-refractivity contribution < 1.29 is 19.0 Å². The monoisotopic (exact) mass is 502 g/mol. The molecule has 0 amide bonds. The third-order valence-electron chi connectivity index (χ3n) is 7.08. The number of ether oxygens (including phenoxy) is 1. The number of aromatic nitrogens is 4. The molecule has 8 heteroatoms. The van der Waals surface area contributed by atoms with Crippen LogP contribution in [0.25, 0.3) is 33.5 Å². The fourth-order valence-corrected chi connectivity index (χ4v) is 4.98. The Morgan fingerprint density at radius 3 is 2.57 bits per heavy atom. The number of halogens is 1. The number of carbonyl (C=O) groups is 1. The highest BCUT2D eigenvalue weighted by molar-refractivity contribution is 5.80. The number of hydrogen-bond acceptors (Lipinski definition) is 5. The van der Waals surface area contributed by atoms with E-state index < -0.39 is 5.97 Å². The molecule has 2 N–H and O–H groups in total. The van der Waals surface area contributed by atoms with E-state index in [1.54, 1.807) is 18.5 Å². The quantitative estimate of drug-likeness (QED) is 0.268. The van der Waals surface area contributed by atoms with Crippen molar-refractivity contribution in [2.75, 3.05) is 0 Å². The SMILES string of the molecule is CCCCc1ccc2nc(-c3ccc(-c4cnc(OC5CCC(CC(=O)O)CC5)nc4)cc3F)[nH]c2c1. The Kier molecular flexibility index (Phi) is 7.44. The molecule has 2 aromatic carbocycles. The lowest BCUT2D eigenvalue weighted by molar-refractivity contribution is -0.138. The first-order valence-electron chi connectivity index (χ1n) is 13.0. The highest BCUT2D eigenvalue weighted by atomic mass is 19.1. The lowest BCUT2D eigenvalue weighted by Gasteiger charge is -2.27. The second-order valence-electron chi connectivity index (χ2n) is 9.85. The maximum Gasteiger partial charge on any atom is 0.316 e. The molecule has 0 bridgehead atoms. The van der Waals surface area contributed by atoms with Crippen LogP contribution in [0.1, 0.15) is 57.4 Å². The van der Waals surface area contributed by atoms with Crippen molar-refractivity contribution in [2.24, 2.45) is 5.92 Å². The van der Waals surface area contributed by atoms with Gasteiger partial charge in [-0.3, -0.25) is 4.79 Å². The number of rotatable bonds is 9. The summed E-state index contributed by atoms with van der Waals surface area (Å²) in [5.74, 6) is -0.408. The number of imidazole rings is 1. The van der Waals surface area contributed by atoms with Crippen molar-refractivity contribution in [2.45, 2.75) is 64.4 Å². The van der Waals surface area contributed by atoms with Gasteiger partial charge in [0.15, 0.2) is 0 Å². The molecule has 2 heterocycles. The maximum atomic E-state index is 15.1. The molecule has 0 aliphatic heterocycles. The summed E-state index contributed by atoms with van der Waals surface area (Å²) in [5.41, 5.74) is 4.74. The summed E-state index contributed by atoms with van der Waals surface area (Å²) in [6.07, 6.45) is 9.98. The van der Waals surface area contributed by atoms with Gasteiger partial charge in [0.2, 0.25) is 0 Å². The van der Waals surface area contributed by atoms with Crippen LogP contribution in [0.4, 0.5) is 4.39 Å². The Hall–Kier alpha value is -3.81. The second kappa shape index (κ2) is 11.1. The average molecular weight is 503 g/mol. The van der Waals surface area contributed by atoms with Gasteiger partial charge < -0.3 is 14.8 Å². The fourth-order valence-electron chi connectivity index (χ4n) is 4.98. The standard InChI is InChI=1S/C29H31FN4O3/c1-2-3-4-18-7-12-25-26(13-18)34-28(33-25)23-11-8-20(15-24(23)30)21-16-31-29(32-17-21)37-22-9-5-19(6-10-22)14-27(35)36/h7-8,11-13,15-17,19,22H,2-6,9-10,14H2,1H3,(H,33,34)(H,35,36). The normalized spacial score (nSPS) is 17.7. The summed E-state index contributed by atoms with van der Waals surface area (Å²) in [5, 5.41) is 8.96. The minimum Gasteiger partial charge on any atom is -0.481 e. The van der Waals surface area contributed by atoms with E-state index in [1.807, 2.05) is 12.1 Å². The molecule has 1 aliphatic rings. The Balaban J connectivity index is 1.25. The highest BCUT2D eigenvalue weighted by Crippen LogP contribution is 2.30. The number of carboxylic acids is 1. The smallest absolute Gasteiger partial charge is 0.316 e. The molecule has 7 nitrogen and oxygen atoms in total. The number of hydrogen-bond donors (Lipinski definition) is 2. The number of nitrogens with zero attached hydrogens (tertiary/aromatic N) is 3. The third-order valence-corrected chi connectivity index (χ3v) is 7.08. The maximum absolute atomic E-state index is 15.1. The molecule has 1 saturated carbocycles. The number of aliphatic carboxylic acids is 1. The van der Waals surface area contributed by atoms with Crippen LogP contribution in [0.15, 0.2) is 48.8 Å². The van der Waals surface area contributed by atoms with Gasteiger partial charge in [0.05, 0.1) is 16.6 Å². The summed E-state index contributed by atoms with van der Waals surface area (Å²) in [6.45, 7) is 2.17. The van der Waals surface area contributed by atoms with Gasteiger partial charge in [-0.05, 0) is 79.8 Å². The Morgan fingerprint density at radius 1 is 1.08 bits per heavy atom. The number of aromatic amines is 1. The number of unbranched alkanes of at least 4 members (excludes halogenated alkanes) is 1. The van der Waals surface area contributed by atoms with Crippen LogP contribution in [-0.4, -0.2) is 37.1 Å². The van der Waals surface area contributed by atoms with Gasteiger partial charge >= 0.3 is 12.0 Å². The average Bonchev–Trinajstić information content (AvgIpc) is 3.32. The molecule has 1 fully saturated rings. The summed E-state index contributed by atoms with van der Waals surface area (Å²) < 4.78 is 21.0. The van der Waals surface area contributed by atoms with Crippen LogP contribution < -0.4 is 4.74 Å². The molecule has 2 aromatic heterocycles. The summed E-state index contributed by atoms with van der Waals surface area (Å²) in [7, 11) is 0.